The van der Waals surface area contributed by atoms with Gasteiger partial charge in [0.1, 0.15) is 0 Å². The third-order valence-corrected chi connectivity index (χ3v) is 6.47. The van der Waals surface area contributed by atoms with Crippen LogP contribution in [0, 0.1) is 10.5 Å². The lowest BCUT2D eigenvalue weighted by Crippen LogP contribution is -2.04. The van der Waals surface area contributed by atoms with Crippen LogP contribution in [0.1, 0.15) is 41.7 Å². The van der Waals surface area contributed by atoms with Gasteiger partial charge in [0.2, 0.25) is 0 Å². The highest BCUT2D eigenvalue weighted by atomic mass is 127. The Bertz CT molecular complexity index is 849. The molecule has 0 bridgehead atoms. The smallest absolute Gasteiger partial charge is 0.166 e. The first-order valence-corrected chi connectivity index (χ1v) is 10.5. The molecule has 0 amide bonds. The summed E-state index contributed by atoms with van der Waals surface area (Å²) in [6, 6.07) is 9.62. The van der Waals surface area contributed by atoms with E-state index in [4.69, 9.17) is 0 Å². The third kappa shape index (κ3) is 6.14. The topological polar surface area (TPSA) is 0 Å². The van der Waals surface area contributed by atoms with Crippen molar-refractivity contribution < 1.29 is 13.2 Å². The van der Waals surface area contributed by atoms with Gasteiger partial charge >= 0.3 is 6.18 Å². The van der Waals surface area contributed by atoms with E-state index >= 15 is 0 Å². The van der Waals surface area contributed by atoms with Crippen molar-refractivity contribution in [2.45, 2.75) is 39.8 Å². The van der Waals surface area contributed by atoms with Crippen molar-refractivity contribution in [3.05, 3.63) is 85.3 Å². The van der Waals surface area contributed by atoms with Crippen LogP contribution in [0.4, 0.5) is 13.2 Å². The van der Waals surface area contributed by atoms with Gasteiger partial charge in [-0.05, 0) is 95.1 Å². The predicted octanol–water partition coefficient (Wildman–Crippen LogP) is 8.03. The average molecular weight is 502 g/mol. The third-order valence-electron chi connectivity index (χ3n) is 4.27. The number of allylic oxidation sites excluding steroid dienone is 1. The van der Waals surface area contributed by atoms with Gasteiger partial charge in [0.05, 0.1) is 5.56 Å². The Balaban J connectivity index is 2.07. The summed E-state index contributed by atoms with van der Waals surface area (Å²) in [6.45, 7) is 10.3. The highest BCUT2D eigenvalue weighted by molar-refractivity contribution is 14.1. The van der Waals surface area contributed by atoms with Crippen LogP contribution in [-0.2, 0) is 19.0 Å². The van der Waals surface area contributed by atoms with Crippen LogP contribution in [0.15, 0.2) is 54.0 Å². The molecule has 0 unspecified atom stereocenters. The minimum absolute atomic E-state index is 0.642. The fourth-order valence-corrected chi connectivity index (χ4v) is 3.93. The van der Waals surface area contributed by atoms with Crippen LogP contribution in [0.25, 0.3) is 4.91 Å². The number of rotatable bonds is 6. The van der Waals surface area contributed by atoms with Gasteiger partial charge < -0.3 is 0 Å². The van der Waals surface area contributed by atoms with Crippen LogP contribution >= 0.6 is 34.4 Å². The van der Waals surface area contributed by atoms with Crippen LogP contribution in [0.2, 0.25) is 0 Å². The zero-order valence-electron chi connectivity index (χ0n) is 15.6. The van der Waals surface area contributed by atoms with Crippen LogP contribution < -0.4 is 0 Å². The monoisotopic (exact) mass is 502 g/mol. The SMILES string of the molecule is C=C(S/C=C(\C)Cc1cc(C)c(I)cc1CC)c1ccc(C(F)(F)F)cc1. The van der Waals surface area contributed by atoms with Crippen molar-refractivity contribution in [1.29, 1.82) is 0 Å². The molecule has 0 aliphatic rings. The number of aryl methyl sites for hydroxylation is 2. The number of hydrogen-bond acceptors (Lipinski definition) is 1. The van der Waals surface area contributed by atoms with Gasteiger partial charge in [-0.1, -0.05) is 49.0 Å². The molecule has 0 N–H and O–H groups in total. The summed E-state index contributed by atoms with van der Waals surface area (Å²) < 4.78 is 39.3. The van der Waals surface area contributed by atoms with Crippen molar-refractivity contribution >= 4 is 39.3 Å². The molecule has 0 aliphatic heterocycles. The summed E-state index contributed by atoms with van der Waals surface area (Å²) in [7, 11) is 0. The maximum atomic E-state index is 12.7. The van der Waals surface area contributed by atoms with E-state index in [1.807, 2.05) is 5.41 Å². The standard InChI is InChI=1S/C22H22F3IS/c1-5-17-12-21(26)15(3)11-19(17)10-14(2)13-27-16(4)18-6-8-20(9-7-18)22(23,24)25/h6-9,11-13H,4-5,10H2,1-3H3/b14-13+. The number of alkyl halides is 3. The molecule has 0 saturated heterocycles. The highest BCUT2D eigenvalue weighted by Gasteiger charge is 2.29. The summed E-state index contributed by atoms with van der Waals surface area (Å²) >= 11 is 3.81. The molecule has 0 aromatic heterocycles. The van der Waals surface area contributed by atoms with E-state index in [1.54, 1.807) is 0 Å². The zero-order chi connectivity index (χ0) is 20.2. The second kappa shape index (κ2) is 9.32. The first kappa shape index (κ1) is 22.1. The van der Waals surface area contributed by atoms with Crippen LogP contribution in [0.5, 0.6) is 0 Å². The summed E-state index contributed by atoms with van der Waals surface area (Å²) in [6.07, 6.45) is -2.47. The summed E-state index contributed by atoms with van der Waals surface area (Å²) in [5, 5.41) is 2.03. The van der Waals surface area contributed by atoms with Crippen molar-refractivity contribution in [3.8, 4) is 0 Å². The Morgan fingerprint density at radius 3 is 2.33 bits per heavy atom. The van der Waals surface area contributed by atoms with Crippen molar-refractivity contribution in [3.63, 3.8) is 0 Å². The minimum Gasteiger partial charge on any atom is -0.166 e. The van der Waals surface area contributed by atoms with E-state index < -0.39 is 11.7 Å². The molecule has 0 nitrogen and oxygen atoms in total. The van der Waals surface area contributed by atoms with E-state index in [0.717, 1.165) is 29.9 Å². The molecule has 0 radical (unpaired) electrons. The maximum Gasteiger partial charge on any atom is 0.416 e. The van der Waals surface area contributed by atoms with Gasteiger partial charge in [0.15, 0.2) is 0 Å². The van der Waals surface area contributed by atoms with E-state index in [-0.39, 0.29) is 0 Å². The fourth-order valence-electron chi connectivity index (χ4n) is 2.70. The molecular formula is C22H22F3IS. The Morgan fingerprint density at radius 2 is 1.78 bits per heavy atom. The Kier molecular flexibility index (Phi) is 7.63. The summed E-state index contributed by atoms with van der Waals surface area (Å²) in [5.74, 6) is 0. The van der Waals surface area contributed by atoms with Gasteiger partial charge in [0.25, 0.3) is 0 Å². The maximum absolute atomic E-state index is 12.7. The highest BCUT2D eigenvalue weighted by Crippen LogP contribution is 2.33. The molecule has 0 aliphatic carbocycles. The lowest BCUT2D eigenvalue weighted by molar-refractivity contribution is -0.137. The lowest BCUT2D eigenvalue weighted by Gasteiger charge is -2.12. The quantitative estimate of drug-likeness (QED) is 0.361. The van der Waals surface area contributed by atoms with Gasteiger partial charge in [-0.15, -0.1) is 0 Å². The molecule has 0 saturated carbocycles. The molecule has 0 atom stereocenters. The molecule has 0 heterocycles. The Morgan fingerprint density at radius 1 is 1.15 bits per heavy atom. The molecule has 2 aromatic carbocycles. The van der Waals surface area contributed by atoms with Gasteiger partial charge in [-0.2, -0.15) is 13.2 Å². The van der Waals surface area contributed by atoms with Crippen LogP contribution in [0.3, 0.4) is 0 Å². The number of benzene rings is 2. The second-order valence-electron chi connectivity index (χ2n) is 6.48. The van der Waals surface area contributed by atoms with Gasteiger partial charge in [-0.25, -0.2) is 0 Å². The molecule has 2 rings (SSSR count). The second-order valence-corrected chi connectivity index (χ2v) is 8.61. The zero-order valence-corrected chi connectivity index (χ0v) is 18.6. The molecular weight excluding hydrogens is 480 g/mol. The predicted molar refractivity (Wildman–Crippen MR) is 119 cm³/mol. The molecule has 27 heavy (non-hydrogen) atoms. The largest absolute Gasteiger partial charge is 0.416 e. The van der Waals surface area contributed by atoms with Crippen molar-refractivity contribution in [2.24, 2.45) is 0 Å². The van der Waals surface area contributed by atoms with Crippen molar-refractivity contribution in [2.75, 3.05) is 0 Å². The molecule has 5 heteroatoms. The minimum atomic E-state index is -4.31. The number of thioether (sulfide) groups is 1. The Labute approximate surface area is 177 Å². The van der Waals surface area contributed by atoms with E-state index in [9.17, 15) is 13.2 Å². The fraction of sp³-hybridized carbons (Fsp3) is 0.273. The first-order chi connectivity index (χ1) is 12.6. The Hall–Kier alpha value is -1.21. The van der Waals surface area contributed by atoms with E-state index in [2.05, 4.69) is 62.1 Å². The summed E-state index contributed by atoms with van der Waals surface area (Å²) in [4.78, 5) is 0.734. The van der Waals surface area contributed by atoms with Crippen LogP contribution in [-0.4, -0.2) is 0 Å². The first-order valence-electron chi connectivity index (χ1n) is 8.58. The van der Waals surface area contributed by atoms with E-state index in [1.165, 1.54) is 49.7 Å². The molecule has 2 aromatic rings. The van der Waals surface area contributed by atoms with Gasteiger partial charge in [-0.3, -0.25) is 0 Å². The summed E-state index contributed by atoms with van der Waals surface area (Å²) in [5.41, 5.74) is 5.21. The lowest BCUT2D eigenvalue weighted by atomic mass is 9.97. The normalized spacial score (nSPS) is 12.3. The number of halogens is 4. The molecule has 144 valence electrons. The van der Waals surface area contributed by atoms with Gasteiger partial charge in [0, 0.05) is 8.48 Å². The number of hydrogen-bond donors (Lipinski definition) is 0. The molecule has 0 fully saturated rings. The van der Waals surface area contributed by atoms with Crippen molar-refractivity contribution in [1.82, 2.24) is 0 Å². The average Bonchev–Trinajstić information content (AvgIpc) is 2.62. The van der Waals surface area contributed by atoms with E-state index in [0.29, 0.717) is 5.56 Å². The molecule has 0 spiro atoms.